The summed E-state index contributed by atoms with van der Waals surface area (Å²) in [6.07, 6.45) is 3.08. The SMILES string of the molecule is O=C(NC1C2CCC(C2)C1C(=O)NCC1CC1C(=O)O)OCC1c2ccccc2-c2ccccc21. The van der Waals surface area contributed by atoms with Gasteiger partial charge in [0.05, 0.1) is 11.8 Å². The molecule has 6 rings (SSSR count). The third-order valence-electron chi connectivity index (χ3n) is 8.63. The summed E-state index contributed by atoms with van der Waals surface area (Å²) in [6, 6.07) is 16.2. The van der Waals surface area contributed by atoms with Crippen molar-refractivity contribution in [3.8, 4) is 11.1 Å². The zero-order chi connectivity index (χ0) is 24.1. The molecule has 0 heterocycles. The van der Waals surface area contributed by atoms with E-state index in [4.69, 9.17) is 9.84 Å². The van der Waals surface area contributed by atoms with Gasteiger partial charge in [-0.3, -0.25) is 9.59 Å². The van der Waals surface area contributed by atoms with E-state index in [1.54, 1.807) is 0 Å². The molecule has 0 saturated heterocycles. The number of rotatable bonds is 7. The second-order valence-electron chi connectivity index (χ2n) is 10.5. The number of carbonyl (C=O) groups is 3. The second-order valence-corrected chi connectivity index (χ2v) is 10.5. The van der Waals surface area contributed by atoms with Crippen molar-refractivity contribution in [3.63, 3.8) is 0 Å². The molecular formula is C28H30N2O5. The highest BCUT2D eigenvalue weighted by molar-refractivity contribution is 5.82. The summed E-state index contributed by atoms with van der Waals surface area (Å²) in [6.45, 7) is 0.636. The first-order valence-corrected chi connectivity index (χ1v) is 12.6. The van der Waals surface area contributed by atoms with Crippen molar-refractivity contribution >= 4 is 18.0 Å². The van der Waals surface area contributed by atoms with E-state index in [0.717, 1.165) is 19.3 Å². The lowest BCUT2D eigenvalue weighted by Gasteiger charge is -2.30. The topological polar surface area (TPSA) is 105 Å². The third-order valence-corrected chi connectivity index (χ3v) is 8.63. The summed E-state index contributed by atoms with van der Waals surface area (Å²) >= 11 is 0. The van der Waals surface area contributed by atoms with Crippen molar-refractivity contribution in [3.05, 3.63) is 59.7 Å². The maximum absolute atomic E-state index is 13.0. The highest BCUT2D eigenvalue weighted by Gasteiger charge is 2.52. The van der Waals surface area contributed by atoms with Crippen LogP contribution < -0.4 is 10.6 Å². The number of carboxylic acid groups (broad SMARTS) is 1. The minimum absolute atomic E-state index is 0.00648. The summed E-state index contributed by atoms with van der Waals surface area (Å²) in [5.41, 5.74) is 4.70. The molecule has 2 aromatic carbocycles. The van der Waals surface area contributed by atoms with Crippen LogP contribution in [0.25, 0.3) is 11.1 Å². The molecule has 0 spiro atoms. The lowest BCUT2D eigenvalue weighted by molar-refractivity contribution is -0.139. The average Bonchev–Trinajstić information content (AvgIpc) is 3.20. The van der Waals surface area contributed by atoms with Gasteiger partial charge < -0.3 is 20.5 Å². The van der Waals surface area contributed by atoms with Gasteiger partial charge >= 0.3 is 12.1 Å². The van der Waals surface area contributed by atoms with Crippen LogP contribution in [0.3, 0.4) is 0 Å². The number of hydrogen-bond donors (Lipinski definition) is 3. The van der Waals surface area contributed by atoms with Crippen LogP contribution >= 0.6 is 0 Å². The molecule has 6 unspecified atom stereocenters. The number of ether oxygens (including phenoxy) is 1. The normalized spacial score (nSPS) is 29.8. The third kappa shape index (κ3) is 3.97. The maximum atomic E-state index is 13.0. The van der Waals surface area contributed by atoms with Gasteiger partial charge in [-0.1, -0.05) is 48.5 Å². The summed E-state index contributed by atoms with van der Waals surface area (Å²) in [7, 11) is 0. The van der Waals surface area contributed by atoms with E-state index in [1.165, 1.54) is 22.3 Å². The molecule has 6 atom stereocenters. The van der Waals surface area contributed by atoms with E-state index in [9.17, 15) is 14.4 Å². The van der Waals surface area contributed by atoms with Crippen molar-refractivity contribution in [2.75, 3.05) is 13.2 Å². The quantitative estimate of drug-likeness (QED) is 0.567. The molecule has 0 aromatic heterocycles. The first kappa shape index (κ1) is 22.1. The molecule has 35 heavy (non-hydrogen) atoms. The first-order chi connectivity index (χ1) is 17.0. The lowest BCUT2D eigenvalue weighted by Crippen LogP contribution is -2.50. The molecule has 0 radical (unpaired) electrons. The fourth-order valence-corrected chi connectivity index (χ4v) is 6.78. The Balaban J connectivity index is 1.08. The fourth-order valence-electron chi connectivity index (χ4n) is 6.78. The maximum Gasteiger partial charge on any atom is 0.407 e. The largest absolute Gasteiger partial charge is 0.481 e. The van der Waals surface area contributed by atoms with Crippen molar-refractivity contribution in [1.82, 2.24) is 10.6 Å². The predicted molar refractivity (Wildman–Crippen MR) is 129 cm³/mol. The minimum Gasteiger partial charge on any atom is -0.481 e. The fraction of sp³-hybridized carbons (Fsp3) is 0.464. The predicted octanol–water partition coefficient (Wildman–Crippen LogP) is 3.78. The number of amides is 2. The van der Waals surface area contributed by atoms with Gasteiger partial charge in [0.1, 0.15) is 6.61 Å². The molecule has 182 valence electrons. The number of alkyl carbamates (subject to hydrolysis) is 1. The molecule has 7 heteroatoms. The standard InChI is InChI=1S/C28H30N2O5/c31-26(29-13-17-12-22(17)27(32)33)24-15-9-10-16(11-15)25(24)30-28(34)35-14-23-20-7-3-1-5-18(20)19-6-2-4-8-21(19)23/h1-8,15-17,22-25H,9-14H2,(H,29,31)(H,30,34)(H,32,33). The van der Waals surface area contributed by atoms with E-state index >= 15 is 0 Å². The van der Waals surface area contributed by atoms with Crippen molar-refractivity contribution < 1.29 is 24.2 Å². The molecule has 3 saturated carbocycles. The van der Waals surface area contributed by atoms with E-state index in [-0.39, 0.29) is 54.1 Å². The minimum atomic E-state index is -0.793. The van der Waals surface area contributed by atoms with Crippen LogP contribution in [0.5, 0.6) is 0 Å². The van der Waals surface area contributed by atoms with Crippen LogP contribution in [0.4, 0.5) is 4.79 Å². The zero-order valence-corrected chi connectivity index (χ0v) is 19.5. The Kier molecular flexibility index (Phi) is 5.50. The van der Waals surface area contributed by atoms with Crippen molar-refractivity contribution in [2.45, 2.75) is 37.6 Å². The van der Waals surface area contributed by atoms with Crippen LogP contribution in [0.15, 0.2) is 48.5 Å². The molecule has 4 aliphatic rings. The lowest BCUT2D eigenvalue weighted by atomic mass is 9.83. The van der Waals surface area contributed by atoms with Crippen LogP contribution in [-0.2, 0) is 14.3 Å². The van der Waals surface area contributed by atoms with E-state index in [0.29, 0.717) is 13.0 Å². The van der Waals surface area contributed by atoms with Crippen molar-refractivity contribution in [1.29, 1.82) is 0 Å². The first-order valence-electron chi connectivity index (χ1n) is 12.6. The Hall–Kier alpha value is -3.35. The Morgan fingerprint density at radius 2 is 1.57 bits per heavy atom. The van der Waals surface area contributed by atoms with Crippen LogP contribution in [-0.4, -0.2) is 42.3 Å². The molecule has 3 N–H and O–H groups in total. The average molecular weight is 475 g/mol. The van der Waals surface area contributed by atoms with Gasteiger partial charge in [0.15, 0.2) is 0 Å². The van der Waals surface area contributed by atoms with Gasteiger partial charge in [0.25, 0.3) is 0 Å². The van der Waals surface area contributed by atoms with Crippen LogP contribution in [0.2, 0.25) is 0 Å². The molecule has 2 bridgehead atoms. The number of nitrogens with one attached hydrogen (secondary N) is 2. The molecule has 0 aliphatic heterocycles. The number of hydrogen-bond acceptors (Lipinski definition) is 4. The molecule has 7 nitrogen and oxygen atoms in total. The van der Waals surface area contributed by atoms with E-state index < -0.39 is 12.1 Å². The zero-order valence-electron chi connectivity index (χ0n) is 19.5. The van der Waals surface area contributed by atoms with Gasteiger partial charge in [0.2, 0.25) is 5.91 Å². The number of benzene rings is 2. The summed E-state index contributed by atoms with van der Waals surface area (Å²) in [5.74, 6) is -0.939. The van der Waals surface area contributed by atoms with Gasteiger partial charge in [-0.2, -0.15) is 0 Å². The highest BCUT2D eigenvalue weighted by Crippen LogP contribution is 2.49. The van der Waals surface area contributed by atoms with E-state index in [2.05, 4.69) is 34.9 Å². The number of carbonyl (C=O) groups excluding carboxylic acids is 2. The summed E-state index contributed by atoms with van der Waals surface area (Å²) in [5, 5.41) is 15.1. The second kappa shape index (κ2) is 8.70. The van der Waals surface area contributed by atoms with Gasteiger partial charge in [-0.25, -0.2) is 4.79 Å². The van der Waals surface area contributed by atoms with Crippen LogP contribution in [0.1, 0.15) is 42.7 Å². The highest BCUT2D eigenvalue weighted by atomic mass is 16.5. The van der Waals surface area contributed by atoms with Crippen LogP contribution in [0, 0.1) is 29.6 Å². The molecule has 2 aromatic rings. The molecule has 3 fully saturated rings. The molecule has 4 aliphatic carbocycles. The van der Waals surface area contributed by atoms with Gasteiger partial charge in [-0.05, 0) is 65.7 Å². The summed E-state index contributed by atoms with van der Waals surface area (Å²) < 4.78 is 5.74. The van der Waals surface area contributed by atoms with Crippen molar-refractivity contribution in [2.24, 2.45) is 29.6 Å². The van der Waals surface area contributed by atoms with Gasteiger partial charge in [-0.15, -0.1) is 0 Å². The monoisotopic (exact) mass is 474 g/mol. The Bertz CT molecular complexity index is 1130. The Morgan fingerprint density at radius 1 is 0.914 bits per heavy atom. The molecule has 2 amide bonds. The number of fused-ring (bicyclic) bond motifs is 5. The van der Waals surface area contributed by atoms with Gasteiger partial charge in [0, 0.05) is 18.5 Å². The molecular weight excluding hydrogens is 444 g/mol. The number of aliphatic carboxylic acids is 1. The Morgan fingerprint density at radius 3 is 2.23 bits per heavy atom. The van der Waals surface area contributed by atoms with E-state index in [1.807, 2.05) is 24.3 Å². The smallest absolute Gasteiger partial charge is 0.407 e. The number of carboxylic acids is 1. The Labute approximate surface area is 204 Å². The summed E-state index contributed by atoms with van der Waals surface area (Å²) in [4.78, 5) is 37.0.